The molecular weight excluding hydrogens is 371 g/mol. The fourth-order valence-electron chi connectivity index (χ4n) is 1.50. The number of aliphatic hydroxyl groups excluding tert-OH is 1. The summed E-state index contributed by atoms with van der Waals surface area (Å²) < 4.78 is 15.2. The number of rotatable bonds is 2. The summed E-state index contributed by atoms with van der Waals surface area (Å²) in [6, 6.07) is 6.77. The first-order valence-electron chi connectivity index (χ1n) is 4.88. The quantitative estimate of drug-likeness (QED) is 0.794. The molecular formula is C12H9Br2FOS. The van der Waals surface area contributed by atoms with E-state index in [1.807, 2.05) is 13.0 Å². The topological polar surface area (TPSA) is 20.2 Å². The first-order valence-corrected chi connectivity index (χ1v) is 7.28. The highest BCUT2D eigenvalue weighted by Crippen LogP contribution is 2.36. The molecule has 0 bridgehead atoms. The molecule has 1 nitrogen and oxygen atoms in total. The molecule has 2 aromatic rings. The molecule has 1 unspecified atom stereocenters. The number of hydrogen-bond acceptors (Lipinski definition) is 2. The lowest BCUT2D eigenvalue weighted by Gasteiger charge is -2.10. The van der Waals surface area contributed by atoms with Crippen LogP contribution in [0.2, 0.25) is 0 Å². The molecule has 1 aromatic carbocycles. The lowest BCUT2D eigenvalue weighted by Crippen LogP contribution is -2.00. The maximum absolute atomic E-state index is 13.8. The maximum Gasteiger partial charge on any atom is 0.143 e. The number of halogens is 3. The van der Waals surface area contributed by atoms with Gasteiger partial charge in [0, 0.05) is 10.4 Å². The Hall–Kier alpha value is -0.230. The van der Waals surface area contributed by atoms with Crippen molar-refractivity contribution >= 4 is 43.2 Å². The van der Waals surface area contributed by atoms with Crippen LogP contribution in [0.1, 0.15) is 22.1 Å². The van der Waals surface area contributed by atoms with E-state index in [4.69, 9.17) is 0 Å². The Balaban J connectivity index is 2.43. The summed E-state index contributed by atoms with van der Waals surface area (Å²) >= 11 is 7.93. The Morgan fingerprint density at radius 3 is 2.65 bits per heavy atom. The molecule has 0 amide bonds. The second-order valence-electron chi connectivity index (χ2n) is 3.65. The SMILES string of the molecule is Cc1cc(C(O)c2cccc(Br)c2F)sc1Br. The zero-order valence-electron chi connectivity index (χ0n) is 8.88. The van der Waals surface area contributed by atoms with Crippen molar-refractivity contribution in [3.05, 3.63) is 54.3 Å². The molecule has 0 aliphatic heterocycles. The molecule has 1 N–H and O–H groups in total. The highest BCUT2D eigenvalue weighted by Gasteiger charge is 2.19. The largest absolute Gasteiger partial charge is 0.383 e. The first kappa shape index (κ1) is 13.2. The van der Waals surface area contributed by atoms with Gasteiger partial charge in [-0.2, -0.15) is 0 Å². The van der Waals surface area contributed by atoms with Crippen LogP contribution in [0, 0.1) is 12.7 Å². The zero-order valence-corrected chi connectivity index (χ0v) is 12.9. The summed E-state index contributed by atoms with van der Waals surface area (Å²) in [4.78, 5) is 0.728. The predicted octanol–water partition coefficient (Wildman–Crippen LogP) is 4.80. The predicted molar refractivity (Wildman–Crippen MR) is 74.9 cm³/mol. The molecule has 90 valence electrons. The summed E-state index contributed by atoms with van der Waals surface area (Å²) in [5.41, 5.74) is 1.33. The van der Waals surface area contributed by atoms with Crippen LogP contribution in [0.25, 0.3) is 0 Å². The molecule has 0 spiro atoms. The van der Waals surface area contributed by atoms with Gasteiger partial charge in [0.1, 0.15) is 11.9 Å². The third-order valence-electron chi connectivity index (χ3n) is 2.42. The van der Waals surface area contributed by atoms with E-state index >= 15 is 0 Å². The lowest BCUT2D eigenvalue weighted by atomic mass is 10.1. The molecule has 0 saturated carbocycles. The summed E-state index contributed by atoms with van der Waals surface area (Å²) in [7, 11) is 0. The summed E-state index contributed by atoms with van der Waals surface area (Å²) in [5.74, 6) is -0.415. The Labute approximate surface area is 120 Å². The van der Waals surface area contributed by atoms with Crippen LogP contribution in [0.5, 0.6) is 0 Å². The molecule has 1 atom stereocenters. The monoisotopic (exact) mass is 378 g/mol. The van der Waals surface area contributed by atoms with Crippen LogP contribution in [-0.4, -0.2) is 5.11 Å². The van der Waals surface area contributed by atoms with Gasteiger partial charge >= 0.3 is 0 Å². The number of thiophene rings is 1. The van der Waals surface area contributed by atoms with Crippen LogP contribution in [0.15, 0.2) is 32.5 Å². The molecule has 0 saturated heterocycles. The van der Waals surface area contributed by atoms with Gasteiger partial charge in [0.2, 0.25) is 0 Å². The third-order valence-corrected chi connectivity index (χ3v) is 5.22. The smallest absolute Gasteiger partial charge is 0.143 e. The van der Waals surface area contributed by atoms with Crippen molar-refractivity contribution in [1.29, 1.82) is 0 Å². The molecule has 17 heavy (non-hydrogen) atoms. The van der Waals surface area contributed by atoms with E-state index in [0.717, 1.165) is 14.2 Å². The van der Waals surface area contributed by atoms with Crippen molar-refractivity contribution < 1.29 is 9.50 Å². The van der Waals surface area contributed by atoms with E-state index < -0.39 is 11.9 Å². The molecule has 1 heterocycles. The van der Waals surface area contributed by atoms with Gasteiger partial charge in [0.15, 0.2) is 0 Å². The molecule has 0 fully saturated rings. The van der Waals surface area contributed by atoms with E-state index in [0.29, 0.717) is 4.47 Å². The number of aryl methyl sites for hydroxylation is 1. The number of hydrogen-bond donors (Lipinski definition) is 1. The van der Waals surface area contributed by atoms with E-state index in [2.05, 4.69) is 31.9 Å². The second kappa shape index (κ2) is 5.18. The number of aliphatic hydroxyl groups is 1. The Morgan fingerprint density at radius 2 is 2.06 bits per heavy atom. The molecule has 0 aliphatic rings. The normalized spacial score (nSPS) is 12.8. The maximum atomic E-state index is 13.8. The minimum atomic E-state index is -0.928. The Morgan fingerprint density at radius 1 is 1.35 bits per heavy atom. The van der Waals surface area contributed by atoms with Crippen LogP contribution >= 0.6 is 43.2 Å². The van der Waals surface area contributed by atoms with Gasteiger partial charge in [-0.1, -0.05) is 12.1 Å². The molecule has 2 rings (SSSR count). The standard InChI is InChI=1S/C12H9Br2FOS/c1-6-5-9(17-12(6)14)11(16)7-3-2-4-8(13)10(7)15/h2-5,11,16H,1H3. The highest BCUT2D eigenvalue weighted by atomic mass is 79.9. The third kappa shape index (κ3) is 2.62. The van der Waals surface area contributed by atoms with Gasteiger partial charge in [-0.15, -0.1) is 11.3 Å². The molecule has 0 aliphatic carbocycles. The molecule has 1 aromatic heterocycles. The van der Waals surface area contributed by atoms with E-state index in [1.54, 1.807) is 18.2 Å². The average molecular weight is 380 g/mol. The van der Waals surface area contributed by atoms with Crippen molar-refractivity contribution in [1.82, 2.24) is 0 Å². The van der Waals surface area contributed by atoms with E-state index in [-0.39, 0.29) is 5.56 Å². The fourth-order valence-corrected chi connectivity index (χ4v) is 3.46. The van der Waals surface area contributed by atoms with E-state index in [1.165, 1.54) is 11.3 Å². The van der Waals surface area contributed by atoms with Gasteiger partial charge in [-0.3, -0.25) is 0 Å². The highest BCUT2D eigenvalue weighted by molar-refractivity contribution is 9.11. The second-order valence-corrected chi connectivity index (χ2v) is 6.91. The van der Waals surface area contributed by atoms with E-state index in [9.17, 15) is 9.50 Å². The van der Waals surface area contributed by atoms with Gasteiger partial charge in [-0.05, 0) is 56.5 Å². The van der Waals surface area contributed by atoms with Gasteiger partial charge in [0.05, 0.1) is 8.26 Å². The lowest BCUT2D eigenvalue weighted by molar-refractivity contribution is 0.218. The van der Waals surface area contributed by atoms with Crippen LogP contribution in [0.3, 0.4) is 0 Å². The minimum Gasteiger partial charge on any atom is -0.383 e. The summed E-state index contributed by atoms with van der Waals surface area (Å²) in [6.45, 7) is 1.94. The fraction of sp³-hybridized carbons (Fsp3) is 0.167. The van der Waals surface area contributed by atoms with Gasteiger partial charge < -0.3 is 5.11 Å². The average Bonchev–Trinajstić information content (AvgIpc) is 2.62. The summed E-state index contributed by atoms with van der Waals surface area (Å²) in [6.07, 6.45) is -0.928. The van der Waals surface area contributed by atoms with Gasteiger partial charge in [-0.25, -0.2) is 4.39 Å². The van der Waals surface area contributed by atoms with Crippen molar-refractivity contribution in [3.63, 3.8) is 0 Å². The molecule has 5 heteroatoms. The summed E-state index contributed by atoms with van der Waals surface area (Å²) in [5, 5.41) is 10.2. The van der Waals surface area contributed by atoms with Crippen LogP contribution in [-0.2, 0) is 0 Å². The van der Waals surface area contributed by atoms with Gasteiger partial charge in [0.25, 0.3) is 0 Å². The Kier molecular flexibility index (Phi) is 4.02. The first-order chi connectivity index (χ1) is 8.00. The van der Waals surface area contributed by atoms with Crippen molar-refractivity contribution in [2.45, 2.75) is 13.0 Å². The van der Waals surface area contributed by atoms with Crippen LogP contribution < -0.4 is 0 Å². The van der Waals surface area contributed by atoms with Crippen molar-refractivity contribution in [2.75, 3.05) is 0 Å². The van der Waals surface area contributed by atoms with Crippen molar-refractivity contribution in [2.24, 2.45) is 0 Å². The van der Waals surface area contributed by atoms with Crippen LogP contribution in [0.4, 0.5) is 4.39 Å². The number of benzene rings is 1. The van der Waals surface area contributed by atoms with Crippen molar-refractivity contribution in [3.8, 4) is 0 Å². The minimum absolute atomic E-state index is 0.285. The Bertz CT molecular complexity index is 534. The molecule has 0 radical (unpaired) electrons. The zero-order chi connectivity index (χ0) is 12.6.